The first kappa shape index (κ1) is 22.0. The molecule has 1 aromatic carbocycles. The molecule has 0 aliphatic rings. The van der Waals surface area contributed by atoms with Crippen LogP contribution >= 0.6 is 11.8 Å². The Bertz CT molecular complexity index is 867. The summed E-state index contributed by atoms with van der Waals surface area (Å²) in [6.07, 6.45) is 2.27. The van der Waals surface area contributed by atoms with E-state index in [2.05, 4.69) is 15.2 Å². The molecule has 0 saturated heterocycles. The van der Waals surface area contributed by atoms with E-state index in [9.17, 15) is 15.0 Å². The number of hydrogen-bond acceptors (Lipinski definition) is 5. The van der Waals surface area contributed by atoms with Gasteiger partial charge in [-0.3, -0.25) is 5.10 Å². The largest absolute Gasteiger partial charge is 0.872 e. The first-order valence-corrected chi connectivity index (χ1v) is 10.0. The Morgan fingerprint density at radius 3 is 2.11 bits per heavy atom. The lowest BCUT2D eigenvalue weighted by Gasteiger charge is -2.33. The molecule has 7 heteroatoms. The summed E-state index contributed by atoms with van der Waals surface area (Å²) in [7, 11) is 0. The highest BCUT2D eigenvalue weighted by Gasteiger charge is 2.23. The zero-order chi connectivity index (χ0) is 21.3. The third kappa shape index (κ3) is 5.16. The van der Waals surface area contributed by atoms with Crippen molar-refractivity contribution in [1.29, 1.82) is 0 Å². The number of carboxylic acids is 1. The average molecular weight is 403 g/mol. The Morgan fingerprint density at radius 2 is 1.71 bits per heavy atom. The second-order valence-corrected chi connectivity index (χ2v) is 9.79. The van der Waals surface area contributed by atoms with Crippen molar-refractivity contribution >= 4 is 23.8 Å². The highest BCUT2D eigenvalue weighted by atomic mass is 32.2. The van der Waals surface area contributed by atoms with Crippen LogP contribution in [-0.4, -0.2) is 26.3 Å². The first-order chi connectivity index (χ1) is 12.8. The predicted molar refractivity (Wildman–Crippen MR) is 111 cm³/mol. The lowest BCUT2D eigenvalue weighted by atomic mass is 9.78. The molecule has 0 saturated carbocycles. The van der Waals surface area contributed by atoms with Gasteiger partial charge in [-0.05, 0) is 45.4 Å². The summed E-state index contributed by atoms with van der Waals surface area (Å²) in [6.45, 7) is 13.8. The van der Waals surface area contributed by atoms with E-state index in [-0.39, 0.29) is 21.5 Å². The van der Waals surface area contributed by atoms with E-state index in [4.69, 9.17) is 0 Å². The lowest BCUT2D eigenvalue weighted by molar-refractivity contribution is -0.271. The van der Waals surface area contributed by atoms with Crippen LogP contribution in [-0.2, 0) is 22.0 Å². The average Bonchev–Trinajstić information content (AvgIpc) is 3.01. The standard InChI is InChI=1S/C21H29N3O3S/c1-8-16-22-19(24-23-16)28-15(18(26)27)11-12-9-13(20(2,3)4)17(25)14(10-12)21(5,6)7/h9-11,25H,8H2,1-7H3,(H,26,27)(H,22,23,24)/p-1/b15-11+. The van der Waals surface area contributed by atoms with Gasteiger partial charge >= 0.3 is 5.97 Å². The molecule has 0 aliphatic heterocycles. The number of rotatable bonds is 5. The Balaban J connectivity index is 2.57. The molecule has 0 bridgehead atoms. The van der Waals surface area contributed by atoms with Crippen molar-refractivity contribution in [3.63, 3.8) is 0 Å². The molecule has 2 N–H and O–H groups in total. The van der Waals surface area contributed by atoms with Crippen LogP contribution in [0.15, 0.2) is 22.2 Å². The molecule has 28 heavy (non-hydrogen) atoms. The Hall–Kier alpha value is -2.28. The summed E-state index contributed by atoms with van der Waals surface area (Å²) in [5, 5.41) is 29.8. The van der Waals surface area contributed by atoms with Crippen LogP contribution in [0.2, 0.25) is 0 Å². The SMILES string of the molecule is CCc1nc(S/C(=C/c2cc(C(C)(C)C)c([O-])c(C(C)(C)C)c2)C(=O)O)n[nH]1. The van der Waals surface area contributed by atoms with E-state index in [1.165, 1.54) is 0 Å². The fourth-order valence-electron chi connectivity index (χ4n) is 2.71. The maximum absolute atomic E-state index is 13.0. The summed E-state index contributed by atoms with van der Waals surface area (Å²) in [5.41, 5.74) is 1.33. The number of aryl methyl sites for hydroxylation is 1. The molecular weight excluding hydrogens is 374 g/mol. The van der Waals surface area contributed by atoms with Crippen molar-refractivity contribution in [2.75, 3.05) is 0 Å². The molecule has 1 aromatic heterocycles. The number of hydrogen-bond donors (Lipinski definition) is 2. The molecule has 0 fully saturated rings. The summed E-state index contributed by atoms with van der Waals surface area (Å²) in [4.78, 5) is 16.2. The van der Waals surface area contributed by atoms with Gasteiger partial charge in [0.1, 0.15) is 10.7 Å². The molecule has 1 heterocycles. The molecule has 152 valence electrons. The second-order valence-electron chi connectivity index (χ2n) is 8.78. The minimum Gasteiger partial charge on any atom is -0.872 e. The first-order valence-electron chi connectivity index (χ1n) is 9.23. The molecule has 0 spiro atoms. The topological polar surface area (TPSA) is 102 Å². The summed E-state index contributed by atoms with van der Waals surface area (Å²) in [6, 6.07) is 3.58. The minimum atomic E-state index is -1.06. The quantitative estimate of drug-likeness (QED) is 0.572. The summed E-state index contributed by atoms with van der Waals surface area (Å²) < 4.78 is 0. The number of benzene rings is 1. The fourth-order valence-corrected chi connectivity index (χ4v) is 3.44. The normalized spacial score (nSPS) is 13.0. The van der Waals surface area contributed by atoms with E-state index in [1.807, 2.05) is 48.5 Å². The number of carbonyl (C=O) groups is 1. The number of aliphatic carboxylic acids is 1. The van der Waals surface area contributed by atoms with E-state index >= 15 is 0 Å². The van der Waals surface area contributed by atoms with Crippen molar-refractivity contribution in [2.24, 2.45) is 0 Å². The molecule has 0 amide bonds. The summed E-state index contributed by atoms with van der Waals surface area (Å²) >= 11 is 0.989. The molecule has 0 radical (unpaired) electrons. The van der Waals surface area contributed by atoms with Crippen LogP contribution in [0.25, 0.3) is 6.08 Å². The van der Waals surface area contributed by atoms with E-state index in [1.54, 1.807) is 18.2 Å². The van der Waals surface area contributed by atoms with Crippen LogP contribution in [0.3, 0.4) is 0 Å². The smallest absolute Gasteiger partial charge is 0.342 e. The van der Waals surface area contributed by atoms with Crippen LogP contribution < -0.4 is 5.11 Å². The van der Waals surface area contributed by atoms with Crippen molar-refractivity contribution < 1.29 is 15.0 Å². The van der Waals surface area contributed by atoms with Crippen LogP contribution in [0.1, 0.15) is 71.0 Å². The maximum atomic E-state index is 13.0. The molecule has 0 unspecified atom stereocenters. The van der Waals surface area contributed by atoms with Gasteiger partial charge in [-0.15, -0.1) is 10.8 Å². The molecule has 6 nitrogen and oxygen atoms in total. The number of nitrogens with one attached hydrogen (secondary N) is 1. The number of carboxylic acid groups (broad SMARTS) is 1. The fraction of sp³-hybridized carbons (Fsp3) is 0.476. The zero-order valence-electron chi connectivity index (χ0n) is 17.5. The van der Waals surface area contributed by atoms with Crippen molar-refractivity contribution in [2.45, 2.75) is 70.9 Å². The van der Waals surface area contributed by atoms with Gasteiger partial charge in [0, 0.05) is 6.42 Å². The number of nitrogens with zero attached hydrogens (tertiary/aromatic N) is 2. The lowest BCUT2D eigenvalue weighted by Crippen LogP contribution is -2.21. The predicted octanol–water partition coefficient (Wildman–Crippen LogP) is 4.25. The van der Waals surface area contributed by atoms with Crippen LogP contribution in [0.4, 0.5) is 0 Å². The molecule has 2 aromatic rings. The summed E-state index contributed by atoms with van der Waals surface area (Å²) in [5.74, 6) is -0.343. The van der Waals surface area contributed by atoms with Gasteiger partial charge in [0.25, 0.3) is 0 Å². The number of H-pyrrole nitrogens is 1. The van der Waals surface area contributed by atoms with E-state index in [0.717, 1.165) is 11.8 Å². The van der Waals surface area contributed by atoms with Gasteiger partial charge in [-0.2, -0.15) is 0 Å². The Labute approximate surface area is 170 Å². The van der Waals surface area contributed by atoms with Gasteiger partial charge in [0.2, 0.25) is 5.16 Å². The van der Waals surface area contributed by atoms with Gasteiger partial charge < -0.3 is 10.2 Å². The molecule has 0 atom stereocenters. The monoisotopic (exact) mass is 402 g/mol. The minimum absolute atomic E-state index is 0.0169. The Morgan fingerprint density at radius 1 is 1.18 bits per heavy atom. The number of aromatic nitrogens is 3. The van der Waals surface area contributed by atoms with E-state index < -0.39 is 5.97 Å². The van der Waals surface area contributed by atoms with Crippen LogP contribution in [0.5, 0.6) is 5.75 Å². The van der Waals surface area contributed by atoms with Crippen LogP contribution in [0, 0.1) is 0 Å². The maximum Gasteiger partial charge on any atom is 0.342 e. The molecule has 2 rings (SSSR count). The van der Waals surface area contributed by atoms with Gasteiger partial charge in [0.05, 0.1) is 0 Å². The Kier molecular flexibility index (Phi) is 6.28. The van der Waals surface area contributed by atoms with Crippen molar-refractivity contribution in [1.82, 2.24) is 15.2 Å². The van der Waals surface area contributed by atoms with Crippen molar-refractivity contribution in [3.8, 4) is 5.75 Å². The number of aromatic amines is 1. The third-order valence-electron chi connectivity index (χ3n) is 4.28. The molecule has 0 aliphatic carbocycles. The number of thioether (sulfide) groups is 1. The van der Waals surface area contributed by atoms with Gasteiger partial charge in [-0.1, -0.05) is 60.6 Å². The second kappa shape index (κ2) is 7.99. The highest BCUT2D eigenvalue weighted by Crippen LogP contribution is 2.39. The highest BCUT2D eigenvalue weighted by molar-refractivity contribution is 8.04. The molecular formula is C21H28N3O3S-. The zero-order valence-corrected chi connectivity index (χ0v) is 18.3. The third-order valence-corrected chi connectivity index (χ3v) is 5.16. The van der Waals surface area contributed by atoms with Crippen molar-refractivity contribution in [3.05, 3.63) is 39.6 Å². The van der Waals surface area contributed by atoms with Gasteiger partial charge in [-0.25, -0.2) is 9.78 Å². The van der Waals surface area contributed by atoms with Gasteiger partial charge in [0.15, 0.2) is 0 Å². The van der Waals surface area contributed by atoms with E-state index in [0.29, 0.717) is 34.1 Å².